The normalized spacial score (nSPS) is 15.4. The molecule has 1 aliphatic rings. The van der Waals surface area contributed by atoms with Gasteiger partial charge in [0.15, 0.2) is 11.5 Å². The number of benzene rings is 2. The quantitative estimate of drug-likeness (QED) is 0.639. The molecule has 0 bridgehead atoms. The number of amides is 1. The zero-order valence-corrected chi connectivity index (χ0v) is 17.0. The van der Waals surface area contributed by atoms with Crippen LogP contribution in [0.4, 0.5) is 8.78 Å². The average molecular weight is 416 g/mol. The van der Waals surface area contributed by atoms with E-state index >= 15 is 0 Å². The summed E-state index contributed by atoms with van der Waals surface area (Å²) in [6.07, 6.45) is 3.78. The van der Waals surface area contributed by atoms with Gasteiger partial charge in [0.1, 0.15) is 0 Å². The lowest BCUT2D eigenvalue weighted by atomic mass is 10.1. The van der Waals surface area contributed by atoms with Crippen LogP contribution in [-0.2, 0) is 11.3 Å². The number of alkyl halides is 2. The van der Waals surface area contributed by atoms with Gasteiger partial charge in [-0.15, -0.1) is 0 Å². The molecule has 1 amide bonds. The summed E-state index contributed by atoms with van der Waals surface area (Å²) in [7, 11) is 1.38. The van der Waals surface area contributed by atoms with Crippen LogP contribution in [-0.4, -0.2) is 55.6 Å². The SMILES string of the molecule is COc1cccc(/C=C/C(=O)N2CCCN(Cc3ccccc3)CC2)c1OC(F)F. The largest absolute Gasteiger partial charge is 0.493 e. The Morgan fingerprint density at radius 3 is 2.60 bits per heavy atom. The summed E-state index contributed by atoms with van der Waals surface area (Å²) in [4.78, 5) is 16.8. The molecular formula is C23H26F2N2O3. The smallest absolute Gasteiger partial charge is 0.387 e. The fraction of sp³-hybridized carbons (Fsp3) is 0.348. The molecule has 1 fully saturated rings. The third-order valence-corrected chi connectivity index (χ3v) is 4.99. The Kier molecular flexibility index (Phi) is 7.79. The summed E-state index contributed by atoms with van der Waals surface area (Å²) in [5.74, 6) is -0.0393. The highest BCUT2D eigenvalue weighted by atomic mass is 19.3. The standard InChI is InChI=1S/C23H26F2N2O3/c1-29-20-10-5-9-19(22(20)30-23(24)25)11-12-21(28)27-14-6-13-26(15-16-27)17-18-7-3-2-4-8-18/h2-5,7-12,23H,6,13-17H2,1H3/b12-11+. The first-order valence-electron chi connectivity index (χ1n) is 9.92. The van der Waals surface area contributed by atoms with E-state index < -0.39 is 6.61 Å². The summed E-state index contributed by atoms with van der Waals surface area (Å²) in [6.45, 7) is 0.862. The molecule has 5 nitrogen and oxygen atoms in total. The Bertz CT molecular complexity index is 859. The molecule has 0 aromatic heterocycles. The second-order valence-electron chi connectivity index (χ2n) is 7.03. The topological polar surface area (TPSA) is 42.0 Å². The zero-order chi connectivity index (χ0) is 21.3. The Labute approximate surface area is 175 Å². The molecule has 0 unspecified atom stereocenters. The third kappa shape index (κ3) is 6.03. The van der Waals surface area contributed by atoms with Crippen molar-refractivity contribution >= 4 is 12.0 Å². The van der Waals surface area contributed by atoms with E-state index in [0.717, 1.165) is 26.1 Å². The molecule has 0 radical (unpaired) electrons. The average Bonchev–Trinajstić information content (AvgIpc) is 2.98. The first kappa shape index (κ1) is 21.8. The number of rotatable bonds is 7. The molecule has 0 N–H and O–H groups in total. The highest BCUT2D eigenvalue weighted by Crippen LogP contribution is 2.33. The van der Waals surface area contributed by atoms with E-state index in [1.807, 2.05) is 18.2 Å². The molecule has 1 saturated heterocycles. The Morgan fingerprint density at radius 2 is 1.87 bits per heavy atom. The molecule has 1 aliphatic heterocycles. The van der Waals surface area contributed by atoms with Crippen LogP contribution in [0.15, 0.2) is 54.6 Å². The van der Waals surface area contributed by atoms with Gasteiger partial charge in [0.05, 0.1) is 7.11 Å². The Morgan fingerprint density at radius 1 is 1.07 bits per heavy atom. The second-order valence-corrected chi connectivity index (χ2v) is 7.03. The monoisotopic (exact) mass is 416 g/mol. The van der Waals surface area contributed by atoms with Gasteiger partial charge in [-0.1, -0.05) is 42.5 Å². The van der Waals surface area contributed by atoms with Crippen molar-refractivity contribution in [3.8, 4) is 11.5 Å². The van der Waals surface area contributed by atoms with Crippen LogP contribution in [0, 0.1) is 0 Å². The number of nitrogens with zero attached hydrogens (tertiary/aromatic N) is 2. The van der Waals surface area contributed by atoms with E-state index in [9.17, 15) is 13.6 Å². The maximum Gasteiger partial charge on any atom is 0.387 e. The number of hydrogen-bond acceptors (Lipinski definition) is 4. The van der Waals surface area contributed by atoms with Gasteiger partial charge < -0.3 is 14.4 Å². The zero-order valence-electron chi connectivity index (χ0n) is 17.0. The summed E-state index contributed by atoms with van der Waals surface area (Å²) in [5, 5.41) is 0. The minimum atomic E-state index is -2.98. The van der Waals surface area contributed by atoms with Gasteiger partial charge in [0, 0.05) is 44.4 Å². The third-order valence-electron chi connectivity index (χ3n) is 4.99. The van der Waals surface area contributed by atoms with Crippen LogP contribution in [0.1, 0.15) is 17.5 Å². The number of hydrogen-bond donors (Lipinski definition) is 0. The van der Waals surface area contributed by atoms with E-state index in [0.29, 0.717) is 18.7 Å². The van der Waals surface area contributed by atoms with Crippen LogP contribution < -0.4 is 9.47 Å². The van der Waals surface area contributed by atoms with Gasteiger partial charge in [-0.2, -0.15) is 8.78 Å². The van der Waals surface area contributed by atoms with Crippen molar-refractivity contribution < 1.29 is 23.0 Å². The van der Waals surface area contributed by atoms with Crippen molar-refractivity contribution in [2.75, 3.05) is 33.3 Å². The lowest BCUT2D eigenvalue weighted by Gasteiger charge is -2.21. The molecule has 1 heterocycles. The lowest BCUT2D eigenvalue weighted by molar-refractivity contribution is -0.125. The number of carbonyl (C=O) groups is 1. The molecule has 30 heavy (non-hydrogen) atoms. The van der Waals surface area contributed by atoms with Crippen LogP contribution >= 0.6 is 0 Å². The lowest BCUT2D eigenvalue weighted by Crippen LogP contribution is -2.34. The highest BCUT2D eigenvalue weighted by molar-refractivity contribution is 5.92. The van der Waals surface area contributed by atoms with Gasteiger partial charge in [-0.25, -0.2) is 0 Å². The molecule has 0 aliphatic carbocycles. The van der Waals surface area contributed by atoms with Gasteiger partial charge in [0.25, 0.3) is 0 Å². The number of methoxy groups -OCH3 is 1. The molecule has 0 spiro atoms. The molecule has 160 valence electrons. The van der Waals surface area contributed by atoms with Crippen LogP contribution in [0.5, 0.6) is 11.5 Å². The maximum absolute atomic E-state index is 12.8. The van der Waals surface area contributed by atoms with Gasteiger partial charge in [-0.3, -0.25) is 9.69 Å². The van der Waals surface area contributed by atoms with Gasteiger partial charge >= 0.3 is 6.61 Å². The summed E-state index contributed by atoms with van der Waals surface area (Å²) < 4.78 is 35.2. The van der Waals surface area contributed by atoms with Crippen molar-refractivity contribution in [3.05, 3.63) is 65.7 Å². The Hall–Kier alpha value is -2.93. The molecule has 2 aromatic carbocycles. The van der Waals surface area contributed by atoms with Crippen LogP contribution in [0.25, 0.3) is 6.08 Å². The molecule has 3 rings (SSSR count). The number of halogens is 2. The molecule has 7 heteroatoms. The van der Waals surface area contributed by atoms with E-state index in [4.69, 9.17) is 4.74 Å². The van der Waals surface area contributed by atoms with E-state index in [-0.39, 0.29) is 17.4 Å². The summed E-state index contributed by atoms with van der Waals surface area (Å²) in [6, 6.07) is 15.1. The molecule has 2 aromatic rings. The predicted molar refractivity (Wildman–Crippen MR) is 112 cm³/mol. The van der Waals surface area contributed by atoms with Crippen molar-refractivity contribution in [1.82, 2.24) is 9.80 Å². The second kappa shape index (κ2) is 10.7. The molecule has 0 atom stereocenters. The summed E-state index contributed by atoms with van der Waals surface area (Å²) >= 11 is 0. The first-order valence-corrected chi connectivity index (χ1v) is 9.92. The van der Waals surface area contributed by atoms with Gasteiger partial charge in [-0.05, 0) is 24.1 Å². The summed E-state index contributed by atoms with van der Waals surface area (Å²) in [5.41, 5.74) is 1.62. The fourth-order valence-corrected chi connectivity index (χ4v) is 3.50. The maximum atomic E-state index is 12.8. The number of para-hydroxylation sites is 1. The van der Waals surface area contributed by atoms with Crippen molar-refractivity contribution in [1.29, 1.82) is 0 Å². The molecular weight excluding hydrogens is 390 g/mol. The van der Waals surface area contributed by atoms with E-state index in [1.165, 1.54) is 30.9 Å². The Balaban J connectivity index is 1.63. The van der Waals surface area contributed by atoms with Crippen molar-refractivity contribution in [2.24, 2.45) is 0 Å². The van der Waals surface area contributed by atoms with Crippen LogP contribution in [0.3, 0.4) is 0 Å². The van der Waals surface area contributed by atoms with Crippen molar-refractivity contribution in [2.45, 2.75) is 19.6 Å². The minimum absolute atomic E-state index is 0.0797. The predicted octanol–water partition coefficient (Wildman–Crippen LogP) is 4.04. The van der Waals surface area contributed by atoms with Crippen molar-refractivity contribution in [3.63, 3.8) is 0 Å². The fourth-order valence-electron chi connectivity index (χ4n) is 3.50. The minimum Gasteiger partial charge on any atom is -0.493 e. The number of carbonyl (C=O) groups excluding carboxylic acids is 1. The van der Waals surface area contributed by atoms with E-state index in [1.54, 1.807) is 17.0 Å². The van der Waals surface area contributed by atoms with Crippen LogP contribution in [0.2, 0.25) is 0 Å². The van der Waals surface area contributed by atoms with Gasteiger partial charge in [0.2, 0.25) is 5.91 Å². The highest BCUT2D eigenvalue weighted by Gasteiger charge is 2.18. The first-order chi connectivity index (χ1) is 14.6. The molecule has 0 saturated carbocycles. The van der Waals surface area contributed by atoms with E-state index in [2.05, 4.69) is 21.8 Å². The number of ether oxygens (including phenoxy) is 2.